The van der Waals surface area contributed by atoms with Crippen molar-refractivity contribution in [3.8, 4) is 16.8 Å². The predicted octanol–water partition coefficient (Wildman–Crippen LogP) is 4.48. The Morgan fingerprint density at radius 1 is 1.17 bits per heavy atom. The van der Waals surface area contributed by atoms with Gasteiger partial charge < -0.3 is 15.4 Å². The summed E-state index contributed by atoms with van der Waals surface area (Å²) in [7, 11) is 1.34. The number of amides is 2. The van der Waals surface area contributed by atoms with Crippen LogP contribution in [0.1, 0.15) is 48.5 Å². The zero-order chi connectivity index (χ0) is 29.5. The summed E-state index contributed by atoms with van der Waals surface area (Å²) < 4.78 is 6.28. The summed E-state index contributed by atoms with van der Waals surface area (Å²) in [5, 5.41) is 17.9. The lowest BCUT2D eigenvalue weighted by molar-refractivity contribution is -0.139. The van der Waals surface area contributed by atoms with Crippen LogP contribution in [0.5, 0.6) is 0 Å². The molecule has 2 aromatic heterocycles. The largest absolute Gasteiger partial charge is 0.469 e. The van der Waals surface area contributed by atoms with E-state index in [-0.39, 0.29) is 30.2 Å². The van der Waals surface area contributed by atoms with Gasteiger partial charge in [0.05, 0.1) is 31.0 Å². The minimum absolute atomic E-state index is 0.0925. The number of anilines is 1. The first-order valence-corrected chi connectivity index (χ1v) is 13.7. The molecule has 2 N–H and O–H groups in total. The Kier molecular flexibility index (Phi) is 8.98. The zero-order valence-electron chi connectivity index (χ0n) is 22.8. The fourth-order valence-electron chi connectivity index (χ4n) is 4.77. The van der Waals surface area contributed by atoms with E-state index in [0.29, 0.717) is 53.3 Å². The molecule has 1 atom stereocenters. The molecule has 11 nitrogen and oxygen atoms in total. The zero-order valence-corrected chi connectivity index (χ0v) is 23.5. The average molecular weight is 586 g/mol. The molecule has 42 heavy (non-hydrogen) atoms. The van der Waals surface area contributed by atoms with E-state index in [9.17, 15) is 14.4 Å². The van der Waals surface area contributed by atoms with Crippen LogP contribution < -0.4 is 10.6 Å². The third-order valence-electron chi connectivity index (χ3n) is 6.85. The molecule has 0 saturated carbocycles. The molecule has 2 aromatic carbocycles. The van der Waals surface area contributed by atoms with Gasteiger partial charge in [-0.25, -0.2) is 0 Å². The summed E-state index contributed by atoms with van der Waals surface area (Å²) in [5.74, 6) is -0.799. The Morgan fingerprint density at radius 2 is 2.05 bits per heavy atom. The monoisotopic (exact) mass is 585 g/mol. The highest BCUT2D eigenvalue weighted by atomic mass is 35.5. The normalized spacial score (nSPS) is 15.2. The molecular formula is C30H28ClN7O4. The average Bonchev–Trinajstić information content (AvgIpc) is 3.52. The SMILES string of the molecule is COC(=O)Cc1ccc2c(c1)NC(=O)CCCC[C@H](NC(=O)/C=C/c1cc(Cl)ccc1-n1cnnn1)c1cc-2ccn1. The molecule has 1 aliphatic rings. The van der Waals surface area contributed by atoms with Crippen molar-refractivity contribution in [1.29, 1.82) is 0 Å². The molecule has 0 spiro atoms. The van der Waals surface area contributed by atoms with E-state index in [2.05, 4.69) is 31.1 Å². The Balaban J connectivity index is 1.41. The third-order valence-corrected chi connectivity index (χ3v) is 7.08. The number of hydrogen-bond acceptors (Lipinski definition) is 8. The summed E-state index contributed by atoms with van der Waals surface area (Å²) in [6.07, 6.45) is 8.57. The molecule has 3 heterocycles. The minimum Gasteiger partial charge on any atom is -0.469 e. The van der Waals surface area contributed by atoms with Crippen molar-refractivity contribution in [2.24, 2.45) is 0 Å². The maximum atomic E-state index is 13.1. The number of pyridine rings is 1. The second-order valence-corrected chi connectivity index (χ2v) is 10.2. The second kappa shape index (κ2) is 13.2. The van der Waals surface area contributed by atoms with E-state index in [0.717, 1.165) is 16.7 Å². The highest BCUT2D eigenvalue weighted by molar-refractivity contribution is 6.30. The fourth-order valence-corrected chi connectivity index (χ4v) is 4.95. The molecule has 0 aliphatic carbocycles. The number of halogens is 1. The van der Waals surface area contributed by atoms with Crippen molar-refractivity contribution < 1.29 is 19.1 Å². The summed E-state index contributed by atoms with van der Waals surface area (Å²) in [4.78, 5) is 42.3. The number of aromatic nitrogens is 5. The lowest BCUT2D eigenvalue weighted by atomic mass is 9.97. The molecular weight excluding hydrogens is 558 g/mol. The van der Waals surface area contributed by atoms with Crippen molar-refractivity contribution >= 4 is 41.1 Å². The number of ether oxygens (including phenoxy) is 1. The Morgan fingerprint density at radius 3 is 2.86 bits per heavy atom. The highest BCUT2D eigenvalue weighted by Gasteiger charge is 2.19. The van der Waals surface area contributed by atoms with Gasteiger partial charge in [-0.15, -0.1) is 5.10 Å². The molecule has 2 bridgehead atoms. The smallest absolute Gasteiger partial charge is 0.309 e. The summed E-state index contributed by atoms with van der Waals surface area (Å²) in [6, 6.07) is 14.1. The number of nitrogens with zero attached hydrogens (tertiary/aromatic N) is 5. The van der Waals surface area contributed by atoms with Gasteiger partial charge in [0.15, 0.2) is 0 Å². The molecule has 0 unspecified atom stereocenters. The van der Waals surface area contributed by atoms with Crippen molar-refractivity contribution in [3.05, 3.63) is 89.0 Å². The van der Waals surface area contributed by atoms with Crippen molar-refractivity contribution in [2.45, 2.75) is 38.1 Å². The van der Waals surface area contributed by atoms with E-state index >= 15 is 0 Å². The van der Waals surface area contributed by atoms with E-state index in [1.807, 2.05) is 24.3 Å². The molecule has 1 aliphatic heterocycles. The van der Waals surface area contributed by atoms with E-state index in [4.69, 9.17) is 16.3 Å². The van der Waals surface area contributed by atoms with Gasteiger partial charge >= 0.3 is 5.97 Å². The number of methoxy groups -OCH3 is 1. The van der Waals surface area contributed by atoms with Crippen LogP contribution in [0.3, 0.4) is 0 Å². The number of esters is 1. The quantitative estimate of drug-likeness (QED) is 0.249. The lowest BCUT2D eigenvalue weighted by Crippen LogP contribution is -2.27. The molecule has 0 fully saturated rings. The van der Waals surface area contributed by atoms with Crippen LogP contribution in [-0.4, -0.2) is 50.1 Å². The van der Waals surface area contributed by atoms with Crippen LogP contribution in [0.4, 0.5) is 5.69 Å². The molecule has 0 radical (unpaired) electrons. The number of carbonyl (C=O) groups is 3. The number of fused-ring (bicyclic) bond motifs is 4. The number of tetrazole rings is 1. The minimum atomic E-state index is -0.384. The van der Waals surface area contributed by atoms with Gasteiger partial charge in [0, 0.05) is 40.5 Å². The Bertz CT molecular complexity index is 1640. The predicted molar refractivity (Wildman–Crippen MR) is 157 cm³/mol. The molecule has 5 rings (SSSR count). The van der Waals surface area contributed by atoms with Crippen LogP contribution in [-0.2, 0) is 25.5 Å². The molecule has 2 amide bonds. The van der Waals surface area contributed by atoms with Gasteiger partial charge in [0.2, 0.25) is 11.8 Å². The second-order valence-electron chi connectivity index (χ2n) is 9.75. The molecule has 0 saturated heterocycles. The first-order chi connectivity index (χ1) is 20.4. The van der Waals surface area contributed by atoms with Crippen molar-refractivity contribution in [2.75, 3.05) is 12.4 Å². The lowest BCUT2D eigenvalue weighted by Gasteiger charge is -2.20. The fraction of sp³-hybridized carbons (Fsp3) is 0.233. The van der Waals surface area contributed by atoms with Crippen LogP contribution >= 0.6 is 11.6 Å². The van der Waals surface area contributed by atoms with Gasteiger partial charge in [-0.3, -0.25) is 19.4 Å². The van der Waals surface area contributed by atoms with Gasteiger partial charge in [-0.2, -0.15) is 4.68 Å². The van der Waals surface area contributed by atoms with E-state index < -0.39 is 0 Å². The first kappa shape index (κ1) is 28.6. The highest BCUT2D eigenvalue weighted by Crippen LogP contribution is 2.32. The van der Waals surface area contributed by atoms with Crippen LogP contribution in [0.25, 0.3) is 22.9 Å². The number of nitrogens with one attached hydrogen (secondary N) is 2. The first-order valence-electron chi connectivity index (χ1n) is 13.4. The van der Waals surface area contributed by atoms with Gasteiger partial charge in [0.1, 0.15) is 6.33 Å². The maximum Gasteiger partial charge on any atom is 0.309 e. The standard InChI is InChI=1S/C30H28ClN7O4/c1-42-30(41)15-19-6-9-23-20-12-13-32-26(17-20)24(4-2-3-5-28(39)35-25(23)14-19)34-29(40)11-7-21-16-22(31)8-10-27(21)38-18-33-36-37-38/h6-14,16-18,24H,2-5,15H2,1H3,(H,34,40)(H,35,39)/b11-7+/t24-/m0/s1. The van der Waals surface area contributed by atoms with E-state index in [1.165, 1.54) is 24.2 Å². The summed E-state index contributed by atoms with van der Waals surface area (Å²) in [5.41, 5.74) is 4.95. The van der Waals surface area contributed by atoms with Crippen LogP contribution in [0.2, 0.25) is 5.02 Å². The topological polar surface area (TPSA) is 141 Å². The number of benzene rings is 2. The Labute approximate surface area is 246 Å². The maximum absolute atomic E-state index is 13.1. The Hall–Kier alpha value is -4.90. The van der Waals surface area contributed by atoms with Gasteiger partial charge in [-0.1, -0.05) is 30.2 Å². The van der Waals surface area contributed by atoms with Crippen LogP contribution in [0, 0.1) is 0 Å². The van der Waals surface area contributed by atoms with Crippen molar-refractivity contribution in [3.63, 3.8) is 0 Å². The van der Waals surface area contributed by atoms with Crippen molar-refractivity contribution in [1.82, 2.24) is 30.5 Å². The summed E-state index contributed by atoms with van der Waals surface area (Å²) in [6.45, 7) is 0. The molecule has 214 valence electrons. The van der Waals surface area contributed by atoms with Crippen LogP contribution in [0.15, 0.2) is 67.1 Å². The number of rotatable bonds is 6. The molecule has 12 heteroatoms. The van der Waals surface area contributed by atoms with Gasteiger partial charge in [0.25, 0.3) is 0 Å². The summed E-state index contributed by atoms with van der Waals surface area (Å²) >= 11 is 6.21. The van der Waals surface area contributed by atoms with E-state index in [1.54, 1.807) is 36.5 Å². The molecule has 4 aromatic rings. The number of carbonyl (C=O) groups excluding carboxylic acids is 3. The third kappa shape index (κ3) is 7.05. The van der Waals surface area contributed by atoms with Gasteiger partial charge in [-0.05, 0) is 76.9 Å². The number of hydrogen-bond donors (Lipinski definition) is 2.